The topological polar surface area (TPSA) is 52.6 Å². The lowest BCUT2D eigenvalue weighted by atomic mass is 10.1. The molecule has 0 heterocycles. The molecule has 1 unspecified atom stereocenters. The van der Waals surface area contributed by atoms with Gasteiger partial charge in [-0.2, -0.15) is 0 Å². The first-order valence-electron chi connectivity index (χ1n) is 5.80. The maximum atomic E-state index is 11.3. The van der Waals surface area contributed by atoms with E-state index in [1.54, 1.807) is 6.92 Å². The van der Waals surface area contributed by atoms with E-state index in [0.717, 1.165) is 6.42 Å². The van der Waals surface area contributed by atoms with E-state index in [2.05, 4.69) is 13.8 Å². The SMILES string of the molecule is CCOC(=O)CCC(=O)OC(C)CC(C)C. The first-order valence-corrected chi connectivity index (χ1v) is 5.80. The Morgan fingerprint density at radius 1 is 1.06 bits per heavy atom. The maximum absolute atomic E-state index is 11.3. The normalized spacial score (nSPS) is 12.3. The molecule has 0 spiro atoms. The molecule has 0 aromatic rings. The number of esters is 2. The van der Waals surface area contributed by atoms with Crippen molar-refractivity contribution in [2.45, 2.75) is 53.1 Å². The summed E-state index contributed by atoms with van der Waals surface area (Å²) in [5, 5.41) is 0. The molecule has 1 atom stereocenters. The summed E-state index contributed by atoms with van der Waals surface area (Å²) >= 11 is 0. The van der Waals surface area contributed by atoms with Crippen LogP contribution in [0.5, 0.6) is 0 Å². The smallest absolute Gasteiger partial charge is 0.306 e. The van der Waals surface area contributed by atoms with Gasteiger partial charge >= 0.3 is 11.9 Å². The van der Waals surface area contributed by atoms with E-state index >= 15 is 0 Å². The average molecular weight is 230 g/mol. The monoisotopic (exact) mass is 230 g/mol. The van der Waals surface area contributed by atoms with Gasteiger partial charge in [0.25, 0.3) is 0 Å². The van der Waals surface area contributed by atoms with E-state index in [9.17, 15) is 9.59 Å². The van der Waals surface area contributed by atoms with Crippen LogP contribution in [0, 0.1) is 5.92 Å². The van der Waals surface area contributed by atoms with Crippen LogP contribution >= 0.6 is 0 Å². The van der Waals surface area contributed by atoms with Crippen molar-refractivity contribution in [3.05, 3.63) is 0 Å². The summed E-state index contributed by atoms with van der Waals surface area (Å²) in [5.41, 5.74) is 0. The number of carbonyl (C=O) groups is 2. The fourth-order valence-electron chi connectivity index (χ4n) is 1.43. The van der Waals surface area contributed by atoms with Crippen LogP contribution in [0.4, 0.5) is 0 Å². The van der Waals surface area contributed by atoms with Crippen LogP contribution in [0.25, 0.3) is 0 Å². The first kappa shape index (κ1) is 14.9. The molecule has 0 bridgehead atoms. The molecule has 0 N–H and O–H groups in total. The Morgan fingerprint density at radius 2 is 1.62 bits per heavy atom. The van der Waals surface area contributed by atoms with Crippen LogP contribution in [-0.2, 0) is 19.1 Å². The third-order valence-corrected chi connectivity index (χ3v) is 1.97. The zero-order valence-corrected chi connectivity index (χ0v) is 10.6. The molecule has 4 nitrogen and oxygen atoms in total. The van der Waals surface area contributed by atoms with Crippen LogP contribution in [0.2, 0.25) is 0 Å². The largest absolute Gasteiger partial charge is 0.466 e. The molecule has 16 heavy (non-hydrogen) atoms. The molecular formula is C12H22O4. The predicted molar refractivity (Wildman–Crippen MR) is 60.9 cm³/mol. The Hall–Kier alpha value is -1.06. The fourth-order valence-corrected chi connectivity index (χ4v) is 1.43. The molecule has 0 aromatic heterocycles. The molecular weight excluding hydrogens is 208 g/mol. The Bertz CT molecular complexity index is 223. The first-order chi connectivity index (χ1) is 7.45. The van der Waals surface area contributed by atoms with Crippen molar-refractivity contribution < 1.29 is 19.1 Å². The van der Waals surface area contributed by atoms with Crippen molar-refractivity contribution in [2.24, 2.45) is 5.92 Å². The molecule has 0 amide bonds. The standard InChI is InChI=1S/C12H22O4/c1-5-15-11(13)6-7-12(14)16-10(4)8-9(2)3/h9-10H,5-8H2,1-4H3. The minimum absolute atomic E-state index is 0.0882. The van der Waals surface area contributed by atoms with E-state index in [1.807, 2.05) is 6.92 Å². The van der Waals surface area contributed by atoms with Gasteiger partial charge in [0.1, 0.15) is 0 Å². The second-order valence-corrected chi connectivity index (χ2v) is 4.24. The van der Waals surface area contributed by atoms with Gasteiger partial charge in [0.2, 0.25) is 0 Å². The Morgan fingerprint density at radius 3 is 2.12 bits per heavy atom. The van der Waals surface area contributed by atoms with Gasteiger partial charge < -0.3 is 9.47 Å². The summed E-state index contributed by atoms with van der Waals surface area (Å²) < 4.78 is 9.86. The van der Waals surface area contributed by atoms with E-state index < -0.39 is 0 Å². The lowest BCUT2D eigenvalue weighted by Crippen LogP contribution is -2.18. The fraction of sp³-hybridized carbons (Fsp3) is 0.833. The molecule has 0 radical (unpaired) electrons. The van der Waals surface area contributed by atoms with E-state index in [0.29, 0.717) is 12.5 Å². The molecule has 0 rings (SSSR count). The Labute approximate surface area is 97.3 Å². The van der Waals surface area contributed by atoms with Gasteiger partial charge in [0, 0.05) is 0 Å². The zero-order chi connectivity index (χ0) is 12.6. The maximum Gasteiger partial charge on any atom is 0.306 e. The lowest BCUT2D eigenvalue weighted by Gasteiger charge is -2.14. The van der Waals surface area contributed by atoms with Crippen molar-refractivity contribution in [1.82, 2.24) is 0 Å². The van der Waals surface area contributed by atoms with E-state index in [4.69, 9.17) is 9.47 Å². The number of carbonyl (C=O) groups excluding carboxylic acids is 2. The van der Waals surface area contributed by atoms with Crippen LogP contribution in [0.3, 0.4) is 0 Å². The van der Waals surface area contributed by atoms with E-state index in [-0.39, 0.29) is 30.9 Å². The highest BCUT2D eigenvalue weighted by Crippen LogP contribution is 2.09. The van der Waals surface area contributed by atoms with Crippen LogP contribution < -0.4 is 0 Å². The second kappa shape index (κ2) is 8.13. The summed E-state index contributed by atoms with van der Waals surface area (Å²) in [5.74, 6) is -0.190. The summed E-state index contributed by atoms with van der Waals surface area (Å²) in [6, 6.07) is 0. The summed E-state index contributed by atoms with van der Waals surface area (Å²) in [6.07, 6.45) is 0.947. The Kier molecular flexibility index (Phi) is 7.60. The quantitative estimate of drug-likeness (QED) is 0.630. The Balaban J connectivity index is 3.69. The average Bonchev–Trinajstić information content (AvgIpc) is 2.13. The third-order valence-electron chi connectivity index (χ3n) is 1.97. The van der Waals surface area contributed by atoms with Crippen LogP contribution in [-0.4, -0.2) is 24.6 Å². The van der Waals surface area contributed by atoms with Crippen molar-refractivity contribution >= 4 is 11.9 Å². The number of rotatable bonds is 7. The third kappa shape index (κ3) is 8.26. The van der Waals surface area contributed by atoms with Crippen LogP contribution in [0.15, 0.2) is 0 Å². The molecule has 0 fully saturated rings. The minimum atomic E-state index is -0.351. The molecule has 0 aromatic carbocycles. The highest BCUT2D eigenvalue weighted by Gasteiger charge is 2.13. The van der Waals surface area contributed by atoms with Gasteiger partial charge in [-0.3, -0.25) is 9.59 Å². The lowest BCUT2D eigenvalue weighted by molar-refractivity contribution is -0.153. The molecule has 0 aliphatic rings. The van der Waals surface area contributed by atoms with E-state index in [1.165, 1.54) is 0 Å². The number of hydrogen-bond acceptors (Lipinski definition) is 4. The number of ether oxygens (including phenoxy) is 2. The summed E-state index contributed by atoms with van der Waals surface area (Å²) in [4.78, 5) is 22.3. The highest BCUT2D eigenvalue weighted by molar-refractivity contribution is 5.77. The molecule has 0 aliphatic heterocycles. The van der Waals surface area contributed by atoms with Crippen molar-refractivity contribution in [3.8, 4) is 0 Å². The minimum Gasteiger partial charge on any atom is -0.466 e. The molecule has 0 aliphatic carbocycles. The van der Waals surface area contributed by atoms with Gasteiger partial charge in [-0.05, 0) is 26.2 Å². The summed E-state index contributed by atoms with van der Waals surface area (Å²) in [7, 11) is 0. The van der Waals surface area contributed by atoms with Gasteiger partial charge in [0.15, 0.2) is 0 Å². The molecule has 0 saturated heterocycles. The predicted octanol–water partition coefficient (Wildman–Crippen LogP) is 2.31. The summed E-state index contributed by atoms with van der Waals surface area (Å²) in [6.45, 7) is 8.09. The molecule has 94 valence electrons. The number of hydrogen-bond donors (Lipinski definition) is 0. The van der Waals surface area contributed by atoms with Gasteiger partial charge in [0.05, 0.1) is 25.6 Å². The van der Waals surface area contributed by atoms with Gasteiger partial charge in [-0.25, -0.2) is 0 Å². The van der Waals surface area contributed by atoms with Gasteiger partial charge in [-0.1, -0.05) is 13.8 Å². The van der Waals surface area contributed by atoms with Crippen molar-refractivity contribution in [3.63, 3.8) is 0 Å². The van der Waals surface area contributed by atoms with Gasteiger partial charge in [-0.15, -0.1) is 0 Å². The molecule has 4 heteroatoms. The zero-order valence-electron chi connectivity index (χ0n) is 10.6. The highest BCUT2D eigenvalue weighted by atomic mass is 16.5. The second-order valence-electron chi connectivity index (χ2n) is 4.24. The molecule has 0 saturated carbocycles. The van der Waals surface area contributed by atoms with Crippen molar-refractivity contribution in [1.29, 1.82) is 0 Å². The van der Waals surface area contributed by atoms with Crippen molar-refractivity contribution in [2.75, 3.05) is 6.61 Å². The van der Waals surface area contributed by atoms with Crippen LogP contribution in [0.1, 0.15) is 47.0 Å².